The lowest BCUT2D eigenvalue weighted by Crippen LogP contribution is -2.57. The first-order chi connectivity index (χ1) is 13.5. The Balaban J connectivity index is 5.25. The van der Waals surface area contributed by atoms with E-state index in [0.717, 1.165) is 0 Å². The van der Waals surface area contributed by atoms with Gasteiger partial charge < -0.3 is 37.0 Å². The van der Waals surface area contributed by atoms with Crippen LogP contribution in [0.1, 0.15) is 26.2 Å². The minimum Gasteiger partial charge on any atom is -0.481 e. The standard InChI is InChI=1S/C16H28N4O8S/c1-8(21)13(17)16(28)20-9(3-4-11(22)23)15(27)19-10(5-6-29-2)14(26)18-7-12(24)25/h8-10,13,21H,3-7,17H2,1-2H3,(H,18,26)(H,19,27)(H,20,28)(H,22,23)(H,24,25). The average Bonchev–Trinajstić information content (AvgIpc) is 2.64. The second-order valence-electron chi connectivity index (χ2n) is 6.21. The monoisotopic (exact) mass is 436 g/mol. The SMILES string of the molecule is CSCCC(NC(=O)C(CCC(=O)O)NC(=O)C(N)C(C)O)C(=O)NCC(=O)O. The summed E-state index contributed by atoms with van der Waals surface area (Å²) in [6.07, 6.45) is 0.0512. The van der Waals surface area contributed by atoms with E-state index in [0.29, 0.717) is 5.75 Å². The van der Waals surface area contributed by atoms with E-state index in [2.05, 4.69) is 16.0 Å². The summed E-state index contributed by atoms with van der Waals surface area (Å²) >= 11 is 1.40. The Morgan fingerprint density at radius 3 is 1.97 bits per heavy atom. The molecule has 0 saturated carbocycles. The fourth-order valence-electron chi connectivity index (χ4n) is 2.09. The number of aliphatic hydroxyl groups is 1. The number of carboxylic acids is 2. The molecule has 0 aliphatic carbocycles. The van der Waals surface area contributed by atoms with Crippen LogP contribution in [0.3, 0.4) is 0 Å². The van der Waals surface area contributed by atoms with Gasteiger partial charge in [0, 0.05) is 6.42 Å². The first kappa shape index (κ1) is 26.6. The second-order valence-corrected chi connectivity index (χ2v) is 7.20. The highest BCUT2D eigenvalue weighted by atomic mass is 32.2. The molecular formula is C16H28N4O8S. The van der Waals surface area contributed by atoms with Gasteiger partial charge in [0.05, 0.1) is 6.10 Å². The van der Waals surface area contributed by atoms with Gasteiger partial charge in [0.25, 0.3) is 0 Å². The van der Waals surface area contributed by atoms with Crippen LogP contribution in [0.15, 0.2) is 0 Å². The third-order valence-corrected chi connectivity index (χ3v) is 4.40. The van der Waals surface area contributed by atoms with Crippen LogP contribution in [0.4, 0.5) is 0 Å². The molecule has 13 heteroatoms. The predicted molar refractivity (Wildman–Crippen MR) is 104 cm³/mol. The van der Waals surface area contributed by atoms with Crippen molar-refractivity contribution in [1.82, 2.24) is 16.0 Å². The van der Waals surface area contributed by atoms with E-state index in [1.165, 1.54) is 18.7 Å². The molecule has 0 aliphatic rings. The highest BCUT2D eigenvalue weighted by molar-refractivity contribution is 7.98. The Kier molecular flexibility index (Phi) is 12.6. The molecular weight excluding hydrogens is 408 g/mol. The van der Waals surface area contributed by atoms with Gasteiger partial charge in [-0.2, -0.15) is 11.8 Å². The van der Waals surface area contributed by atoms with Gasteiger partial charge in [-0.1, -0.05) is 0 Å². The largest absolute Gasteiger partial charge is 0.481 e. The summed E-state index contributed by atoms with van der Waals surface area (Å²) in [7, 11) is 0. The van der Waals surface area contributed by atoms with Crippen LogP contribution in [-0.2, 0) is 24.0 Å². The Hall–Kier alpha value is -2.38. The highest BCUT2D eigenvalue weighted by Crippen LogP contribution is 2.05. The smallest absolute Gasteiger partial charge is 0.322 e. The third kappa shape index (κ3) is 11.3. The van der Waals surface area contributed by atoms with Gasteiger partial charge in [-0.05, 0) is 31.8 Å². The number of nitrogens with two attached hydrogens (primary N) is 1. The molecule has 166 valence electrons. The van der Waals surface area contributed by atoms with Crippen molar-refractivity contribution in [2.45, 2.75) is 50.4 Å². The quantitative estimate of drug-likeness (QED) is 0.152. The molecule has 0 rings (SSSR count). The molecule has 0 aromatic heterocycles. The van der Waals surface area contributed by atoms with Crippen LogP contribution in [-0.4, -0.2) is 87.8 Å². The van der Waals surface area contributed by atoms with E-state index < -0.39 is 66.9 Å². The summed E-state index contributed by atoms with van der Waals surface area (Å²) in [6.45, 7) is 0.648. The van der Waals surface area contributed by atoms with Gasteiger partial charge in [-0.25, -0.2) is 0 Å². The predicted octanol–water partition coefficient (Wildman–Crippen LogP) is -2.52. The van der Waals surface area contributed by atoms with Gasteiger partial charge >= 0.3 is 11.9 Å². The lowest BCUT2D eigenvalue weighted by Gasteiger charge is -2.24. The summed E-state index contributed by atoms with van der Waals surface area (Å²) in [6, 6.07) is -3.72. The van der Waals surface area contributed by atoms with E-state index >= 15 is 0 Å². The van der Waals surface area contributed by atoms with Gasteiger partial charge in [-0.3, -0.25) is 24.0 Å². The molecule has 0 heterocycles. The molecule has 0 aromatic rings. The van der Waals surface area contributed by atoms with Gasteiger partial charge in [0.15, 0.2) is 0 Å². The molecule has 0 radical (unpaired) electrons. The molecule has 0 saturated heterocycles. The van der Waals surface area contributed by atoms with Crippen molar-refractivity contribution in [2.75, 3.05) is 18.6 Å². The van der Waals surface area contributed by atoms with Crippen molar-refractivity contribution in [3.8, 4) is 0 Å². The summed E-state index contributed by atoms with van der Waals surface area (Å²) < 4.78 is 0. The fourth-order valence-corrected chi connectivity index (χ4v) is 2.56. The molecule has 12 nitrogen and oxygen atoms in total. The van der Waals surface area contributed by atoms with Gasteiger partial charge in [-0.15, -0.1) is 0 Å². The molecule has 3 amide bonds. The average molecular weight is 436 g/mol. The molecule has 0 aromatic carbocycles. The Morgan fingerprint density at radius 1 is 0.931 bits per heavy atom. The van der Waals surface area contributed by atoms with Crippen LogP contribution in [0, 0.1) is 0 Å². The molecule has 0 bridgehead atoms. The molecule has 0 aliphatic heterocycles. The van der Waals surface area contributed by atoms with Crippen LogP contribution < -0.4 is 21.7 Å². The number of carbonyl (C=O) groups is 5. The van der Waals surface area contributed by atoms with Crippen molar-refractivity contribution in [3.05, 3.63) is 0 Å². The van der Waals surface area contributed by atoms with E-state index in [9.17, 15) is 29.1 Å². The third-order valence-electron chi connectivity index (χ3n) is 3.76. The van der Waals surface area contributed by atoms with Gasteiger partial charge in [0.1, 0.15) is 24.7 Å². The van der Waals surface area contributed by atoms with Crippen LogP contribution in [0.2, 0.25) is 0 Å². The number of aliphatic carboxylic acids is 2. The number of thioether (sulfide) groups is 1. The Morgan fingerprint density at radius 2 is 1.48 bits per heavy atom. The minimum absolute atomic E-state index is 0.186. The molecule has 8 N–H and O–H groups in total. The number of rotatable bonds is 14. The summed E-state index contributed by atoms with van der Waals surface area (Å²) in [5.41, 5.74) is 5.51. The van der Waals surface area contributed by atoms with Crippen molar-refractivity contribution >= 4 is 41.4 Å². The minimum atomic E-state index is -1.33. The van der Waals surface area contributed by atoms with Crippen LogP contribution >= 0.6 is 11.8 Å². The Labute approximate surface area is 172 Å². The van der Waals surface area contributed by atoms with Gasteiger partial charge in [0.2, 0.25) is 17.7 Å². The molecule has 4 atom stereocenters. The lowest BCUT2D eigenvalue weighted by atomic mass is 10.1. The number of nitrogens with one attached hydrogen (secondary N) is 3. The zero-order valence-corrected chi connectivity index (χ0v) is 17.0. The van der Waals surface area contributed by atoms with Crippen molar-refractivity contribution in [1.29, 1.82) is 0 Å². The van der Waals surface area contributed by atoms with E-state index in [4.69, 9.17) is 15.9 Å². The van der Waals surface area contributed by atoms with E-state index in [-0.39, 0.29) is 12.8 Å². The van der Waals surface area contributed by atoms with Crippen LogP contribution in [0.25, 0.3) is 0 Å². The lowest BCUT2D eigenvalue weighted by molar-refractivity contribution is -0.138. The maximum absolute atomic E-state index is 12.6. The molecule has 0 spiro atoms. The number of hydrogen-bond donors (Lipinski definition) is 7. The number of amides is 3. The molecule has 0 fully saturated rings. The van der Waals surface area contributed by atoms with Crippen molar-refractivity contribution in [3.63, 3.8) is 0 Å². The number of aliphatic hydroxyl groups excluding tert-OH is 1. The number of carboxylic acid groups (broad SMARTS) is 2. The maximum atomic E-state index is 12.6. The van der Waals surface area contributed by atoms with Crippen LogP contribution in [0.5, 0.6) is 0 Å². The van der Waals surface area contributed by atoms with E-state index in [1.807, 2.05) is 0 Å². The zero-order chi connectivity index (χ0) is 22.6. The number of carbonyl (C=O) groups excluding carboxylic acids is 3. The first-order valence-corrected chi connectivity index (χ1v) is 10.1. The molecule has 29 heavy (non-hydrogen) atoms. The Bertz CT molecular complexity index is 601. The molecule has 4 unspecified atom stereocenters. The van der Waals surface area contributed by atoms with Crippen molar-refractivity contribution in [2.24, 2.45) is 5.73 Å². The number of hydrogen-bond acceptors (Lipinski definition) is 8. The van der Waals surface area contributed by atoms with Crippen molar-refractivity contribution < 1.29 is 39.3 Å². The second kappa shape index (κ2) is 13.7. The highest BCUT2D eigenvalue weighted by Gasteiger charge is 2.29. The zero-order valence-electron chi connectivity index (χ0n) is 16.2. The summed E-state index contributed by atoms with van der Waals surface area (Å²) in [5.74, 6) is -4.39. The maximum Gasteiger partial charge on any atom is 0.322 e. The first-order valence-electron chi connectivity index (χ1n) is 8.74. The topological polar surface area (TPSA) is 208 Å². The fraction of sp³-hybridized carbons (Fsp3) is 0.688. The normalized spacial score (nSPS) is 14.8. The van der Waals surface area contributed by atoms with E-state index in [1.54, 1.807) is 6.26 Å². The summed E-state index contributed by atoms with van der Waals surface area (Å²) in [5, 5.41) is 33.8. The summed E-state index contributed by atoms with van der Waals surface area (Å²) in [4.78, 5) is 58.2.